The van der Waals surface area contributed by atoms with E-state index in [1.807, 2.05) is 0 Å². The van der Waals surface area contributed by atoms with Crippen LogP contribution in [-0.4, -0.2) is 25.9 Å². The van der Waals surface area contributed by atoms with E-state index in [1.165, 1.54) is 69.2 Å². The first-order valence-electron chi connectivity index (χ1n) is 14.1. The summed E-state index contributed by atoms with van der Waals surface area (Å²) in [7, 11) is 8.84. The number of unbranched alkanes of at least 4 members (excludes halogenated alkanes) is 6. The molecule has 0 saturated carbocycles. The molecule has 0 radical (unpaired) electrons. The molecule has 2 aromatic carbocycles. The Kier molecular flexibility index (Phi) is 11.6. The van der Waals surface area contributed by atoms with Gasteiger partial charge in [0.15, 0.2) is 0 Å². The number of hydrogen-bond acceptors (Lipinski definition) is 6. The van der Waals surface area contributed by atoms with E-state index in [0.29, 0.717) is 11.8 Å². The van der Waals surface area contributed by atoms with Crippen LogP contribution in [0, 0.1) is 0 Å². The number of benzene rings is 2. The van der Waals surface area contributed by atoms with E-state index < -0.39 is 12.7 Å². The monoisotopic (exact) mass is 694 g/mol. The van der Waals surface area contributed by atoms with Gasteiger partial charge in [0.25, 0.3) is 0 Å². The summed E-state index contributed by atoms with van der Waals surface area (Å²) in [5, 5.41) is 0. The average Bonchev–Trinajstić information content (AvgIpc) is 3.43. The Bertz CT molecular complexity index is 973. The molecule has 2 nitrogen and oxygen atoms in total. The van der Waals surface area contributed by atoms with Crippen molar-refractivity contribution in [3.05, 3.63) is 35.4 Å². The molecule has 0 bridgehead atoms. The van der Waals surface area contributed by atoms with Crippen molar-refractivity contribution >= 4 is 48.6 Å². The molecule has 2 heterocycles. The van der Waals surface area contributed by atoms with Gasteiger partial charge in [-0.05, 0) is 0 Å². The van der Waals surface area contributed by atoms with Crippen LogP contribution < -0.4 is 9.47 Å². The second kappa shape index (κ2) is 14.2. The molecular formula is C30H44O2S4Te. The van der Waals surface area contributed by atoms with E-state index in [4.69, 9.17) is 9.47 Å². The minimum absolute atomic E-state index is 0.519. The van der Waals surface area contributed by atoms with Gasteiger partial charge in [-0.25, -0.2) is 0 Å². The number of ether oxygens (including phenoxy) is 2. The first-order chi connectivity index (χ1) is 17.9. The Labute approximate surface area is 240 Å². The number of hydrogen-bond donors (Lipinski definition) is 0. The molecule has 0 unspecified atom stereocenters. The van der Waals surface area contributed by atoms with Gasteiger partial charge in [0.05, 0.1) is 0 Å². The zero-order valence-electron chi connectivity index (χ0n) is 23.4. The molecule has 0 atom stereocenters. The second-order valence-corrected chi connectivity index (χ2v) is 42.7. The van der Waals surface area contributed by atoms with Crippen LogP contribution in [0.15, 0.2) is 43.8 Å². The zero-order valence-corrected chi connectivity index (χ0v) is 29.0. The van der Waals surface area contributed by atoms with Crippen molar-refractivity contribution in [1.29, 1.82) is 0 Å². The van der Waals surface area contributed by atoms with Gasteiger partial charge >= 0.3 is 243 Å². The molecule has 2 aliphatic rings. The molecule has 4 rings (SSSR count). The van der Waals surface area contributed by atoms with Crippen LogP contribution in [0.5, 0.6) is 11.5 Å². The van der Waals surface area contributed by atoms with E-state index in [1.54, 1.807) is 0 Å². The van der Waals surface area contributed by atoms with E-state index in [9.17, 15) is 0 Å². The van der Waals surface area contributed by atoms with Crippen molar-refractivity contribution < 1.29 is 9.47 Å². The predicted molar refractivity (Wildman–Crippen MR) is 170 cm³/mol. The summed E-state index contributed by atoms with van der Waals surface area (Å²) in [6, 6.07) is 9.18. The van der Waals surface area contributed by atoms with Crippen molar-refractivity contribution in [3.8, 4) is 11.5 Å². The molecule has 2 aromatic rings. The van der Waals surface area contributed by atoms with Crippen LogP contribution in [0.1, 0.15) is 116 Å². The Hall–Kier alpha value is 0.230. The maximum atomic E-state index is 6.43. The van der Waals surface area contributed by atoms with Crippen molar-refractivity contribution in [2.45, 2.75) is 124 Å². The topological polar surface area (TPSA) is 18.5 Å². The van der Waals surface area contributed by atoms with Crippen molar-refractivity contribution in [3.63, 3.8) is 0 Å². The van der Waals surface area contributed by atoms with Crippen LogP contribution in [0.2, 0.25) is 0 Å². The maximum absolute atomic E-state index is 6.43. The molecule has 0 N–H and O–H groups in total. The van der Waals surface area contributed by atoms with Gasteiger partial charge in [-0.2, -0.15) is 0 Å². The Morgan fingerprint density at radius 2 is 0.973 bits per heavy atom. The fourth-order valence-corrected chi connectivity index (χ4v) is 45.2. The molecule has 0 amide bonds. The molecule has 206 valence electrons. The van der Waals surface area contributed by atoms with Gasteiger partial charge in [0.1, 0.15) is 0 Å². The third-order valence-corrected chi connectivity index (χ3v) is 39.3. The van der Waals surface area contributed by atoms with Gasteiger partial charge in [-0.15, -0.1) is 0 Å². The summed E-state index contributed by atoms with van der Waals surface area (Å²) >= 11 is -2.59. The third-order valence-electron chi connectivity index (χ3n) is 6.71. The van der Waals surface area contributed by atoms with Crippen molar-refractivity contribution in [2.75, 3.05) is 13.2 Å². The minimum atomic E-state index is -2.59. The van der Waals surface area contributed by atoms with E-state index in [-0.39, 0.29) is 0 Å². The van der Waals surface area contributed by atoms with Crippen LogP contribution in [-0.2, 0) is 0 Å². The zero-order chi connectivity index (χ0) is 26.4. The molecule has 0 fully saturated rings. The Morgan fingerprint density at radius 3 is 1.35 bits per heavy atom. The van der Waals surface area contributed by atoms with E-state index in [2.05, 4.69) is 102 Å². The van der Waals surface area contributed by atoms with Gasteiger partial charge in [0.2, 0.25) is 0 Å². The van der Waals surface area contributed by atoms with Crippen molar-refractivity contribution in [2.24, 2.45) is 0 Å². The van der Waals surface area contributed by atoms with Gasteiger partial charge in [-0.1, -0.05) is 0 Å². The molecule has 0 aliphatic carbocycles. The van der Waals surface area contributed by atoms with Crippen LogP contribution in [0.4, 0.5) is 0 Å². The summed E-state index contributed by atoms with van der Waals surface area (Å²) in [5.41, 5.74) is 2.98. The van der Waals surface area contributed by atoms with Gasteiger partial charge in [0, 0.05) is 0 Å². The van der Waals surface area contributed by atoms with E-state index >= 15 is 0 Å². The fourth-order valence-electron chi connectivity index (χ4n) is 4.52. The first-order valence-corrected chi connectivity index (χ1v) is 28.5. The fraction of sp³-hybridized carbons (Fsp3) is 0.600. The predicted octanol–water partition coefficient (Wildman–Crippen LogP) is 11.4. The van der Waals surface area contributed by atoms with Crippen LogP contribution in [0.3, 0.4) is 0 Å². The summed E-state index contributed by atoms with van der Waals surface area (Å²) < 4.78 is 12.9. The SMILES string of the molecule is CCCCCCOc1ccc(C(C)C)c2c1S[Te]1(Sc3c(OCCCCCC)ccc(C(C)C)c3S1)S2. The number of rotatable bonds is 14. The number of fused-ring (bicyclic) bond motifs is 2. The summed E-state index contributed by atoms with van der Waals surface area (Å²) in [4.78, 5) is 5.86. The van der Waals surface area contributed by atoms with Crippen LogP contribution in [0.25, 0.3) is 0 Å². The molecule has 0 aromatic heterocycles. The molecule has 0 saturated heterocycles. The Morgan fingerprint density at radius 1 is 0.568 bits per heavy atom. The summed E-state index contributed by atoms with van der Waals surface area (Å²) in [6.07, 6.45) is 9.92. The quantitative estimate of drug-likeness (QED) is 0.144. The van der Waals surface area contributed by atoms with Gasteiger partial charge in [-0.3, -0.25) is 0 Å². The van der Waals surface area contributed by atoms with Gasteiger partial charge < -0.3 is 0 Å². The average molecular weight is 693 g/mol. The molecule has 2 aliphatic heterocycles. The first kappa shape index (κ1) is 30.2. The molecule has 1 spiro atoms. The standard InChI is InChI=1S/C30H44O2S4Te/c1-7-9-11-13-19-31-25-17-15-23(21(3)4)27-29(25)35-37(33-27)34-28-24(22(5)6)16-18-26(30(28)36-37)32-20-14-12-10-8-2/h15-18,21-22H,7-14,19-20H2,1-6H3. The van der Waals surface area contributed by atoms with Crippen molar-refractivity contribution in [1.82, 2.24) is 0 Å². The molecular weight excluding hydrogens is 648 g/mol. The summed E-state index contributed by atoms with van der Waals surface area (Å²) in [5.74, 6) is 3.27. The summed E-state index contributed by atoms with van der Waals surface area (Å²) in [6.45, 7) is 15.5. The van der Waals surface area contributed by atoms with Crippen LogP contribution >= 0.6 is 36.0 Å². The second-order valence-electron chi connectivity index (χ2n) is 10.5. The van der Waals surface area contributed by atoms with E-state index in [0.717, 1.165) is 37.6 Å². The molecule has 37 heavy (non-hydrogen) atoms. The third kappa shape index (κ3) is 7.30. The normalized spacial score (nSPS) is 16.4. The Balaban J connectivity index is 1.58. The molecule has 7 heteroatoms.